The molecule has 2 unspecified atom stereocenters. The molecule has 2 aliphatic heterocycles. The third-order valence-electron chi connectivity index (χ3n) is 8.06. The van der Waals surface area contributed by atoms with Gasteiger partial charge in [0.1, 0.15) is 23.3 Å². The highest BCUT2D eigenvalue weighted by Gasteiger charge is 2.38. The van der Waals surface area contributed by atoms with Crippen LogP contribution in [0.25, 0.3) is 11.3 Å². The van der Waals surface area contributed by atoms with Gasteiger partial charge in [0.05, 0.1) is 24.6 Å². The van der Waals surface area contributed by atoms with Crippen LogP contribution >= 0.6 is 0 Å². The molecule has 39 heavy (non-hydrogen) atoms. The SMILES string of the molecule is CCC(F)(CC)CN1CCC(COc2ccc(-c3ccc(C(=O)N4CC(O)CC4C(N)=O)cc3F)nc2)CC1. The summed E-state index contributed by atoms with van der Waals surface area (Å²) in [7, 11) is 0. The van der Waals surface area contributed by atoms with E-state index in [9.17, 15) is 23.5 Å². The van der Waals surface area contributed by atoms with Crippen molar-refractivity contribution in [3.63, 3.8) is 0 Å². The molecule has 0 bridgehead atoms. The molecule has 3 N–H and O–H groups in total. The number of β-amino-alcohol motifs (C(OH)–C–C–N with tert-alkyl or cyclic N) is 1. The van der Waals surface area contributed by atoms with Crippen LogP contribution in [0.3, 0.4) is 0 Å². The standard InChI is InChI=1S/C29H38F2N4O4/c1-3-29(31,4-2)18-34-11-9-19(10-12-34)17-39-22-6-8-25(33-15-22)23-7-5-20(13-24(23)30)28(38)35-16-21(36)14-26(35)27(32)37/h5-8,13,15,19,21,26,36H,3-4,9-12,14,16-18H2,1-2H3,(H2,32,37). The first-order valence-corrected chi connectivity index (χ1v) is 13.7. The molecule has 2 aliphatic rings. The molecule has 10 heteroatoms. The molecule has 2 fully saturated rings. The van der Waals surface area contributed by atoms with Gasteiger partial charge in [-0.25, -0.2) is 8.78 Å². The van der Waals surface area contributed by atoms with Crippen LogP contribution in [0.2, 0.25) is 0 Å². The first kappa shape index (κ1) is 28.9. The molecule has 0 radical (unpaired) electrons. The lowest BCUT2D eigenvalue weighted by Gasteiger charge is -2.36. The number of rotatable bonds is 10. The summed E-state index contributed by atoms with van der Waals surface area (Å²) in [5, 5.41) is 9.85. The monoisotopic (exact) mass is 544 g/mol. The summed E-state index contributed by atoms with van der Waals surface area (Å²) in [5.74, 6) is -0.943. The predicted octanol–water partition coefficient (Wildman–Crippen LogP) is 3.57. The number of primary amides is 1. The summed E-state index contributed by atoms with van der Waals surface area (Å²) in [6, 6.07) is 6.51. The van der Waals surface area contributed by atoms with E-state index in [-0.39, 0.29) is 24.1 Å². The Morgan fingerprint density at radius 3 is 2.49 bits per heavy atom. The van der Waals surface area contributed by atoms with Crippen molar-refractivity contribution in [2.45, 2.75) is 63.8 Å². The van der Waals surface area contributed by atoms with E-state index in [1.165, 1.54) is 17.0 Å². The Hall–Kier alpha value is -3.11. The smallest absolute Gasteiger partial charge is 0.254 e. The maximum absolute atomic E-state index is 15.0. The highest BCUT2D eigenvalue weighted by atomic mass is 19.1. The highest BCUT2D eigenvalue weighted by Crippen LogP contribution is 2.28. The summed E-state index contributed by atoms with van der Waals surface area (Å²) >= 11 is 0. The summed E-state index contributed by atoms with van der Waals surface area (Å²) < 4.78 is 35.6. The van der Waals surface area contributed by atoms with Crippen LogP contribution in [-0.2, 0) is 4.79 Å². The number of carbonyl (C=O) groups excluding carboxylic acids is 2. The van der Waals surface area contributed by atoms with Gasteiger partial charge in [0.15, 0.2) is 0 Å². The van der Waals surface area contributed by atoms with Crippen LogP contribution in [0.15, 0.2) is 36.5 Å². The third kappa shape index (κ3) is 6.91. The first-order chi connectivity index (χ1) is 18.6. The predicted molar refractivity (Wildman–Crippen MR) is 143 cm³/mol. The molecule has 3 heterocycles. The van der Waals surface area contributed by atoms with E-state index in [4.69, 9.17) is 10.5 Å². The maximum Gasteiger partial charge on any atom is 0.254 e. The van der Waals surface area contributed by atoms with Gasteiger partial charge in [0, 0.05) is 30.6 Å². The van der Waals surface area contributed by atoms with Crippen LogP contribution in [0.4, 0.5) is 8.78 Å². The number of hydrogen-bond donors (Lipinski definition) is 2. The number of nitrogens with zero attached hydrogens (tertiary/aromatic N) is 3. The zero-order valence-electron chi connectivity index (χ0n) is 22.6. The quantitative estimate of drug-likeness (QED) is 0.474. The van der Waals surface area contributed by atoms with Crippen LogP contribution in [-0.4, -0.2) is 82.3 Å². The van der Waals surface area contributed by atoms with E-state index in [2.05, 4.69) is 9.88 Å². The fourth-order valence-electron chi connectivity index (χ4n) is 5.35. The van der Waals surface area contributed by atoms with Crippen molar-refractivity contribution in [2.75, 3.05) is 32.8 Å². The van der Waals surface area contributed by atoms with Crippen LogP contribution in [0.1, 0.15) is 56.3 Å². The van der Waals surface area contributed by atoms with Crippen molar-refractivity contribution in [1.29, 1.82) is 0 Å². The molecule has 2 saturated heterocycles. The number of aliphatic hydroxyl groups excluding tert-OH is 1. The van der Waals surface area contributed by atoms with Crippen LogP contribution in [0, 0.1) is 11.7 Å². The molecule has 0 aliphatic carbocycles. The maximum atomic E-state index is 15.0. The van der Waals surface area contributed by atoms with Gasteiger partial charge < -0.3 is 25.4 Å². The minimum Gasteiger partial charge on any atom is -0.492 e. The Bertz CT molecular complexity index is 1150. The number of alkyl halides is 1. The average molecular weight is 545 g/mol. The van der Waals surface area contributed by atoms with E-state index in [0.717, 1.165) is 32.0 Å². The zero-order chi connectivity index (χ0) is 28.2. The van der Waals surface area contributed by atoms with E-state index >= 15 is 0 Å². The number of hydrogen-bond acceptors (Lipinski definition) is 6. The van der Waals surface area contributed by atoms with E-state index in [1.807, 2.05) is 13.8 Å². The number of aliphatic hydroxyl groups is 1. The fraction of sp³-hybridized carbons (Fsp3) is 0.552. The van der Waals surface area contributed by atoms with E-state index in [0.29, 0.717) is 43.4 Å². The van der Waals surface area contributed by atoms with Crippen molar-refractivity contribution < 1.29 is 28.2 Å². The number of benzene rings is 1. The van der Waals surface area contributed by atoms with Gasteiger partial charge in [-0.05, 0) is 75.0 Å². The van der Waals surface area contributed by atoms with Gasteiger partial charge >= 0.3 is 0 Å². The Balaban J connectivity index is 1.31. The molecule has 4 rings (SSSR count). The first-order valence-electron chi connectivity index (χ1n) is 13.7. The number of ether oxygens (including phenoxy) is 1. The van der Waals surface area contributed by atoms with Gasteiger partial charge in [-0.15, -0.1) is 0 Å². The molecule has 0 saturated carbocycles. The minimum atomic E-state index is -1.11. The molecule has 1 aromatic carbocycles. The van der Waals surface area contributed by atoms with Crippen LogP contribution in [0.5, 0.6) is 5.75 Å². The van der Waals surface area contributed by atoms with Gasteiger partial charge in [-0.3, -0.25) is 14.6 Å². The molecule has 2 amide bonds. The van der Waals surface area contributed by atoms with E-state index in [1.54, 1.807) is 18.3 Å². The Kier molecular flexibility index (Phi) is 9.17. The molecule has 1 aromatic heterocycles. The average Bonchev–Trinajstić information content (AvgIpc) is 3.34. The zero-order valence-corrected chi connectivity index (χ0v) is 22.6. The van der Waals surface area contributed by atoms with Crippen molar-refractivity contribution >= 4 is 11.8 Å². The summed E-state index contributed by atoms with van der Waals surface area (Å²) in [5.41, 5.74) is 4.92. The molecule has 212 valence electrons. The van der Waals surface area contributed by atoms with Crippen molar-refractivity contribution in [3.05, 3.63) is 47.9 Å². The second kappa shape index (κ2) is 12.4. The van der Waals surface area contributed by atoms with Gasteiger partial charge in [0.25, 0.3) is 5.91 Å². The van der Waals surface area contributed by atoms with Crippen molar-refractivity contribution in [1.82, 2.24) is 14.8 Å². The molecule has 2 aromatic rings. The topological polar surface area (TPSA) is 109 Å². The van der Waals surface area contributed by atoms with Gasteiger partial charge in [0.2, 0.25) is 5.91 Å². The number of halogens is 2. The van der Waals surface area contributed by atoms with Crippen molar-refractivity contribution in [2.24, 2.45) is 11.7 Å². The lowest BCUT2D eigenvalue weighted by Crippen LogP contribution is -2.44. The largest absolute Gasteiger partial charge is 0.492 e. The van der Waals surface area contributed by atoms with Gasteiger partial charge in [-0.2, -0.15) is 0 Å². The molecule has 2 atom stereocenters. The normalized spacial score (nSPS) is 20.8. The summed E-state index contributed by atoms with van der Waals surface area (Å²) in [4.78, 5) is 32.2. The number of nitrogens with two attached hydrogens (primary N) is 1. The Morgan fingerprint density at radius 1 is 1.18 bits per heavy atom. The molecule has 8 nitrogen and oxygen atoms in total. The van der Waals surface area contributed by atoms with E-state index < -0.39 is 35.4 Å². The number of pyridine rings is 1. The number of likely N-dealkylation sites (tertiary alicyclic amines) is 2. The summed E-state index contributed by atoms with van der Waals surface area (Å²) in [6.07, 6.45) is 3.72. The number of carbonyl (C=O) groups is 2. The Morgan fingerprint density at radius 2 is 1.90 bits per heavy atom. The van der Waals surface area contributed by atoms with Gasteiger partial charge in [-0.1, -0.05) is 13.8 Å². The third-order valence-corrected chi connectivity index (χ3v) is 8.06. The minimum absolute atomic E-state index is 0.0338. The Labute approximate surface area is 228 Å². The number of amides is 2. The second-order valence-electron chi connectivity index (χ2n) is 10.7. The van der Waals surface area contributed by atoms with Crippen LogP contribution < -0.4 is 10.5 Å². The molecular weight excluding hydrogens is 506 g/mol. The highest BCUT2D eigenvalue weighted by molar-refractivity contribution is 5.98. The lowest BCUT2D eigenvalue weighted by atomic mass is 9.94. The van der Waals surface area contributed by atoms with Crippen molar-refractivity contribution in [3.8, 4) is 17.0 Å². The molecule has 0 spiro atoms. The summed E-state index contributed by atoms with van der Waals surface area (Å²) in [6.45, 7) is 6.51. The second-order valence-corrected chi connectivity index (χ2v) is 10.7. The lowest BCUT2D eigenvalue weighted by molar-refractivity contribution is -0.121. The number of aromatic nitrogens is 1. The molecular formula is C29H38F2N4O4. The fourth-order valence-corrected chi connectivity index (χ4v) is 5.35. The number of piperidine rings is 1.